The van der Waals surface area contributed by atoms with E-state index in [1.165, 1.54) is 10.9 Å². The molecule has 2 fully saturated rings. The first-order valence-corrected chi connectivity index (χ1v) is 13.7. The SMILES string of the molecule is O=C(NC1CCC(c2cc[nH]c3cnc4nccc4c23)CC1)N1CCCC(COc2ccc(Cl)cc2)C1. The maximum absolute atomic E-state index is 13.1. The van der Waals surface area contributed by atoms with Gasteiger partial charge in [0, 0.05) is 53.2 Å². The number of pyridine rings is 2. The molecule has 7 nitrogen and oxygen atoms in total. The van der Waals surface area contributed by atoms with Gasteiger partial charge in [0.15, 0.2) is 5.65 Å². The summed E-state index contributed by atoms with van der Waals surface area (Å²) in [5.74, 6) is 1.62. The lowest BCUT2D eigenvalue weighted by Crippen LogP contribution is -2.50. The van der Waals surface area contributed by atoms with E-state index in [1.54, 1.807) is 0 Å². The minimum absolute atomic E-state index is 0.0649. The summed E-state index contributed by atoms with van der Waals surface area (Å²) in [5.41, 5.74) is 3.21. The highest BCUT2D eigenvalue weighted by atomic mass is 35.5. The zero-order valence-corrected chi connectivity index (χ0v) is 21.6. The highest BCUT2D eigenvalue weighted by Gasteiger charge is 2.29. The van der Waals surface area contributed by atoms with Crippen LogP contribution in [0.1, 0.15) is 50.0 Å². The summed E-state index contributed by atoms with van der Waals surface area (Å²) < 4.78 is 5.96. The van der Waals surface area contributed by atoms with E-state index in [-0.39, 0.29) is 12.1 Å². The van der Waals surface area contributed by atoms with Crippen molar-refractivity contribution in [1.82, 2.24) is 25.2 Å². The molecular formula is C29H32ClN5O2. The van der Waals surface area contributed by atoms with Crippen LogP contribution < -0.4 is 10.1 Å². The molecule has 2 amide bonds. The van der Waals surface area contributed by atoms with Gasteiger partial charge >= 0.3 is 6.03 Å². The maximum atomic E-state index is 13.1. The second-order valence-corrected chi connectivity index (χ2v) is 10.8. The number of H-pyrrole nitrogens is 1. The van der Waals surface area contributed by atoms with Gasteiger partial charge in [-0.1, -0.05) is 11.6 Å². The third kappa shape index (κ3) is 5.23. The van der Waals surface area contributed by atoms with Crippen molar-refractivity contribution >= 4 is 39.6 Å². The fraction of sp³-hybridized carbons (Fsp3) is 0.414. The zero-order valence-electron chi connectivity index (χ0n) is 20.8. The number of aromatic amines is 1. The van der Waals surface area contributed by atoms with Crippen LogP contribution in [0.3, 0.4) is 0 Å². The number of halogens is 1. The Morgan fingerprint density at radius 1 is 1.08 bits per heavy atom. The van der Waals surface area contributed by atoms with E-state index in [0.717, 1.165) is 73.9 Å². The lowest BCUT2D eigenvalue weighted by molar-refractivity contribution is 0.133. The molecule has 0 radical (unpaired) electrons. The number of carbonyl (C=O) groups excluding carboxylic acids is 1. The number of rotatable bonds is 5. The fourth-order valence-corrected chi connectivity index (χ4v) is 6.10. The monoisotopic (exact) mass is 517 g/mol. The number of fused-ring (bicyclic) bond motifs is 3. The minimum Gasteiger partial charge on any atom is -0.493 e. The molecule has 8 heteroatoms. The third-order valence-corrected chi connectivity index (χ3v) is 8.18. The molecule has 2 N–H and O–H groups in total. The van der Waals surface area contributed by atoms with Gasteiger partial charge < -0.3 is 19.9 Å². The summed E-state index contributed by atoms with van der Waals surface area (Å²) in [4.78, 5) is 27.3. The molecule has 4 heterocycles. The first-order valence-electron chi connectivity index (χ1n) is 13.3. The topological polar surface area (TPSA) is 83.1 Å². The van der Waals surface area contributed by atoms with E-state index in [0.29, 0.717) is 23.5 Å². The van der Waals surface area contributed by atoms with Crippen LogP contribution in [0.5, 0.6) is 5.75 Å². The molecule has 0 bridgehead atoms. The second kappa shape index (κ2) is 10.6. The number of nitrogens with zero attached hydrogens (tertiary/aromatic N) is 3. The molecule has 0 spiro atoms. The molecular weight excluding hydrogens is 486 g/mol. The Hall–Kier alpha value is -3.32. The van der Waals surface area contributed by atoms with Crippen LogP contribution in [-0.2, 0) is 0 Å². The first kappa shape index (κ1) is 24.0. The predicted molar refractivity (Wildman–Crippen MR) is 146 cm³/mol. The van der Waals surface area contributed by atoms with Crippen molar-refractivity contribution in [1.29, 1.82) is 0 Å². The number of aromatic nitrogens is 3. The van der Waals surface area contributed by atoms with E-state index in [4.69, 9.17) is 16.3 Å². The van der Waals surface area contributed by atoms with Gasteiger partial charge in [-0.05, 0) is 86.4 Å². The predicted octanol–water partition coefficient (Wildman–Crippen LogP) is 6.29. The van der Waals surface area contributed by atoms with E-state index in [9.17, 15) is 4.79 Å². The number of carbonyl (C=O) groups is 1. The number of ether oxygens (including phenoxy) is 1. The lowest BCUT2D eigenvalue weighted by Gasteiger charge is -2.35. The third-order valence-electron chi connectivity index (χ3n) is 7.92. The molecule has 1 atom stereocenters. The minimum atomic E-state index is 0.0649. The van der Waals surface area contributed by atoms with Crippen LogP contribution in [0.15, 0.2) is 55.0 Å². The van der Waals surface area contributed by atoms with Gasteiger partial charge in [-0.2, -0.15) is 0 Å². The molecule has 192 valence electrons. The Balaban J connectivity index is 1.03. The number of piperidine rings is 1. The van der Waals surface area contributed by atoms with Crippen LogP contribution in [0.2, 0.25) is 5.02 Å². The molecule has 1 aliphatic heterocycles. The van der Waals surface area contributed by atoms with Crippen LogP contribution in [0.25, 0.3) is 21.9 Å². The quantitative estimate of drug-likeness (QED) is 0.326. The maximum Gasteiger partial charge on any atom is 0.317 e. The second-order valence-electron chi connectivity index (χ2n) is 10.4. The van der Waals surface area contributed by atoms with E-state index in [1.807, 2.05) is 47.8 Å². The van der Waals surface area contributed by atoms with Gasteiger partial charge in [-0.25, -0.2) is 14.8 Å². The van der Waals surface area contributed by atoms with E-state index < -0.39 is 0 Å². The zero-order chi connectivity index (χ0) is 25.2. The molecule has 3 aromatic heterocycles. The standard InChI is InChI=1S/C29H32ClN5O2/c30-21-5-9-23(10-6-21)37-18-19-2-1-15-35(17-19)29(36)34-22-7-3-20(4-8-22)24-11-13-31-26-16-33-28-25(27(24)26)12-14-32-28/h5-6,9-14,16,19-20,22,31H,1-4,7-8,15,17-18H2,(H,34,36). The number of hydrogen-bond acceptors (Lipinski definition) is 4. The average molecular weight is 518 g/mol. The number of urea groups is 1. The van der Waals surface area contributed by atoms with Crippen molar-refractivity contribution in [2.45, 2.75) is 50.5 Å². The summed E-state index contributed by atoms with van der Waals surface area (Å²) in [5, 5.41) is 6.37. The number of nitrogens with one attached hydrogen (secondary N) is 2. The van der Waals surface area contributed by atoms with Crippen LogP contribution >= 0.6 is 11.6 Å². The number of likely N-dealkylation sites (tertiary alicyclic amines) is 1. The van der Waals surface area contributed by atoms with Crippen molar-refractivity contribution in [2.24, 2.45) is 5.92 Å². The van der Waals surface area contributed by atoms with Crippen LogP contribution in [0, 0.1) is 5.92 Å². The van der Waals surface area contributed by atoms with Gasteiger partial charge in [0.25, 0.3) is 0 Å². The van der Waals surface area contributed by atoms with Crippen molar-refractivity contribution in [2.75, 3.05) is 19.7 Å². The first-order chi connectivity index (χ1) is 18.1. The molecule has 1 aliphatic carbocycles. The Morgan fingerprint density at radius 3 is 2.76 bits per heavy atom. The van der Waals surface area contributed by atoms with Crippen LogP contribution in [0.4, 0.5) is 4.79 Å². The van der Waals surface area contributed by atoms with Crippen molar-refractivity contribution < 1.29 is 9.53 Å². The number of hydrogen-bond donors (Lipinski definition) is 2. The molecule has 1 aromatic carbocycles. The van der Waals surface area contributed by atoms with Crippen molar-refractivity contribution in [3.63, 3.8) is 0 Å². The Bertz CT molecular complexity index is 1380. The molecule has 37 heavy (non-hydrogen) atoms. The molecule has 4 aromatic rings. The Labute approximate surface area is 221 Å². The highest BCUT2D eigenvalue weighted by molar-refractivity contribution is 6.30. The molecule has 6 rings (SSSR count). The normalized spacial score (nSPS) is 22.3. The van der Waals surface area contributed by atoms with Gasteiger partial charge in [0.05, 0.1) is 18.3 Å². The van der Waals surface area contributed by atoms with E-state index >= 15 is 0 Å². The highest BCUT2D eigenvalue weighted by Crippen LogP contribution is 2.38. The molecule has 1 unspecified atom stereocenters. The van der Waals surface area contributed by atoms with Gasteiger partial charge in [-0.3, -0.25) is 0 Å². The lowest BCUT2D eigenvalue weighted by atomic mass is 9.80. The van der Waals surface area contributed by atoms with Crippen molar-refractivity contribution in [3.05, 3.63) is 65.6 Å². The summed E-state index contributed by atoms with van der Waals surface area (Å²) in [6.07, 6.45) is 11.9. The van der Waals surface area contributed by atoms with Gasteiger partial charge in [0.2, 0.25) is 0 Å². The van der Waals surface area contributed by atoms with Crippen molar-refractivity contribution in [3.8, 4) is 5.75 Å². The fourth-order valence-electron chi connectivity index (χ4n) is 5.97. The van der Waals surface area contributed by atoms with Crippen LogP contribution in [-0.4, -0.2) is 51.6 Å². The molecule has 1 saturated carbocycles. The van der Waals surface area contributed by atoms with E-state index in [2.05, 4.69) is 32.4 Å². The molecule has 2 aliphatic rings. The summed E-state index contributed by atoms with van der Waals surface area (Å²) in [6.45, 7) is 2.16. The number of amides is 2. The van der Waals surface area contributed by atoms with Gasteiger partial charge in [-0.15, -0.1) is 0 Å². The number of benzene rings is 1. The average Bonchev–Trinajstić information content (AvgIpc) is 3.42. The molecule has 1 saturated heterocycles. The Kier molecular flexibility index (Phi) is 6.87. The largest absolute Gasteiger partial charge is 0.493 e. The summed E-state index contributed by atoms with van der Waals surface area (Å²) >= 11 is 5.96. The summed E-state index contributed by atoms with van der Waals surface area (Å²) in [6, 6.07) is 12.0. The van der Waals surface area contributed by atoms with Gasteiger partial charge in [0.1, 0.15) is 5.75 Å². The summed E-state index contributed by atoms with van der Waals surface area (Å²) in [7, 11) is 0. The smallest absolute Gasteiger partial charge is 0.317 e. The Morgan fingerprint density at radius 2 is 1.92 bits per heavy atom.